The maximum atomic E-state index is 12.1. The molecule has 114 valence electrons. The summed E-state index contributed by atoms with van der Waals surface area (Å²) in [7, 11) is 0. The zero-order chi connectivity index (χ0) is 15.2. The van der Waals surface area contributed by atoms with E-state index in [2.05, 4.69) is 5.32 Å². The number of aliphatic carboxylic acids is 1. The first-order chi connectivity index (χ1) is 10.1. The van der Waals surface area contributed by atoms with Gasteiger partial charge in [-0.1, -0.05) is 0 Å². The fourth-order valence-corrected chi connectivity index (χ4v) is 5.47. The summed E-state index contributed by atoms with van der Waals surface area (Å²) in [4.78, 5) is 24.1. The molecular weight excluding hydrogens is 326 g/mol. The molecule has 0 aromatic carbocycles. The molecule has 1 aromatic rings. The zero-order valence-electron chi connectivity index (χ0n) is 11.6. The van der Waals surface area contributed by atoms with E-state index in [0.29, 0.717) is 16.7 Å². The molecule has 0 aliphatic carbocycles. The van der Waals surface area contributed by atoms with Crippen molar-refractivity contribution in [2.45, 2.75) is 12.2 Å². The molecular formula is C14H17NO3S3. The minimum absolute atomic E-state index is 0.0748. The third-order valence-corrected chi connectivity index (χ3v) is 6.98. The van der Waals surface area contributed by atoms with Gasteiger partial charge in [-0.15, -0.1) is 11.3 Å². The standard InChI is InChI=1S/C14H17NO3S3/c1-9-6-12(21-11(9)2-3-13(16)17)14(18)15-7-10-8-19-4-5-20-10/h2-3,6,10H,4-5,7-8H2,1H3,(H,15,18)(H,16,17)/b3-2+. The van der Waals surface area contributed by atoms with Gasteiger partial charge in [0.25, 0.3) is 5.91 Å². The number of thioether (sulfide) groups is 2. The molecule has 1 atom stereocenters. The summed E-state index contributed by atoms with van der Waals surface area (Å²) < 4.78 is 0. The van der Waals surface area contributed by atoms with Crippen molar-refractivity contribution in [2.75, 3.05) is 23.8 Å². The van der Waals surface area contributed by atoms with E-state index in [0.717, 1.165) is 28.0 Å². The van der Waals surface area contributed by atoms with Crippen molar-refractivity contribution >= 4 is 52.8 Å². The molecule has 0 spiro atoms. The van der Waals surface area contributed by atoms with Gasteiger partial charge in [0, 0.05) is 40.0 Å². The van der Waals surface area contributed by atoms with Crippen LogP contribution in [0.15, 0.2) is 12.1 Å². The summed E-state index contributed by atoms with van der Waals surface area (Å²) in [6.45, 7) is 2.57. The Hall–Kier alpha value is -0.920. The van der Waals surface area contributed by atoms with E-state index >= 15 is 0 Å². The highest BCUT2D eigenvalue weighted by Gasteiger charge is 2.17. The number of carboxylic acid groups (broad SMARTS) is 1. The highest BCUT2D eigenvalue weighted by molar-refractivity contribution is 8.06. The second-order valence-electron chi connectivity index (χ2n) is 4.61. The highest BCUT2D eigenvalue weighted by atomic mass is 32.2. The summed E-state index contributed by atoms with van der Waals surface area (Å²) in [6.07, 6.45) is 2.63. The van der Waals surface area contributed by atoms with E-state index in [4.69, 9.17) is 5.11 Å². The minimum atomic E-state index is -0.986. The van der Waals surface area contributed by atoms with Crippen molar-refractivity contribution in [1.29, 1.82) is 0 Å². The van der Waals surface area contributed by atoms with E-state index in [1.54, 1.807) is 0 Å². The van der Waals surface area contributed by atoms with Crippen LogP contribution in [-0.2, 0) is 4.79 Å². The molecule has 21 heavy (non-hydrogen) atoms. The van der Waals surface area contributed by atoms with Crippen LogP contribution in [0, 0.1) is 6.92 Å². The predicted octanol–water partition coefficient (Wildman–Crippen LogP) is 2.73. The Kier molecular flexibility index (Phi) is 6.20. The number of hydrogen-bond donors (Lipinski definition) is 2. The van der Waals surface area contributed by atoms with Crippen LogP contribution >= 0.6 is 34.9 Å². The van der Waals surface area contributed by atoms with Crippen LogP contribution in [0.1, 0.15) is 20.1 Å². The van der Waals surface area contributed by atoms with Crippen molar-refractivity contribution in [1.82, 2.24) is 5.32 Å². The second kappa shape index (κ2) is 7.91. The first kappa shape index (κ1) is 16.5. The molecule has 1 aromatic heterocycles. The highest BCUT2D eigenvalue weighted by Crippen LogP contribution is 2.25. The zero-order valence-corrected chi connectivity index (χ0v) is 14.1. The molecule has 1 unspecified atom stereocenters. The fourth-order valence-electron chi connectivity index (χ4n) is 1.87. The fraction of sp³-hybridized carbons (Fsp3) is 0.429. The Morgan fingerprint density at radius 2 is 2.29 bits per heavy atom. The number of carboxylic acids is 1. The third kappa shape index (κ3) is 5.09. The average Bonchev–Trinajstić information content (AvgIpc) is 2.85. The first-order valence-electron chi connectivity index (χ1n) is 6.55. The van der Waals surface area contributed by atoms with E-state index < -0.39 is 5.97 Å². The maximum absolute atomic E-state index is 12.1. The quantitative estimate of drug-likeness (QED) is 0.805. The minimum Gasteiger partial charge on any atom is -0.478 e. The molecule has 1 aliphatic heterocycles. The van der Waals surface area contributed by atoms with Crippen molar-refractivity contribution in [3.05, 3.63) is 27.5 Å². The number of thiophene rings is 1. The molecule has 1 amide bonds. The lowest BCUT2D eigenvalue weighted by molar-refractivity contribution is -0.131. The van der Waals surface area contributed by atoms with Crippen LogP contribution in [0.5, 0.6) is 0 Å². The van der Waals surface area contributed by atoms with Gasteiger partial charge in [-0.3, -0.25) is 4.79 Å². The summed E-state index contributed by atoms with van der Waals surface area (Å²) in [5.41, 5.74) is 0.922. The van der Waals surface area contributed by atoms with E-state index in [1.807, 2.05) is 36.5 Å². The maximum Gasteiger partial charge on any atom is 0.328 e. The van der Waals surface area contributed by atoms with E-state index in [1.165, 1.54) is 23.2 Å². The summed E-state index contributed by atoms with van der Waals surface area (Å²) in [5, 5.41) is 12.1. The van der Waals surface area contributed by atoms with Gasteiger partial charge in [-0.2, -0.15) is 23.5 Å². The van der Waals surface area contributed by atoms with Gasteiger partial charge >= 0.3 is 5.97 Å². The van der Waals surface area contributed by atoms with Gasteiger partial charge in [0.05, 0.1) is 4.88 Å². The Bertz CT molecular complexity index is 548. The lowest BCUT2D eigenvalue weighted by Gasteiger charge is -2.20. The van der Waals surface area contributed by atoms with Crippen LogP contribution in [0.3, 0.4) is 0 Å². The summed E-state index contributed by atoms with van der Waals surface area (Å²) in [6, 6.07) is 1.81. The van der Waals surface area contributed by atoms with Crippen molar-refractivity contribution in [3.63, 3.8) is 0 Å². The lowest BCUT2D eigenvalue weighted by Crippen LogP contribution is -2.33. The van der Waals surface area contributed by atoms with Crippen molar-refractivity contribution < 1.29 is 14.7 Å². The smallest absolute Gasteiger partial charge is 0.328 e. The molecule has 7 heteroatoms. The van der Waals surface area contributed by atoms with Gasteiger partial charge < -0.3 is 10.4 Å². The molecule has 0 bridgehead atoms. The number of rotatable bonds is 5. The topological polar surface area (TPSA) is 66.4 Å². The third-order valence-electron chi connectivity index (χ3n) is 2.93. The number of hydrogen-bond acceptors (Lipinski definition) is 5. The van der Waals surface area contributed by atoms with Gasteiger partial charge in [0.2, 0.25) is 0 Å². The largest absolute Gasteiger partial charge is 0.478 e. The van der Waals surface area contributed by atoms with Crippen LogP contribution < -0.4 is 5.32 Å². The van der Waals surface area contributed by atoms with Gasteiger partial charge in [0.15, 0.2) is 0 Å². The number of carbonyl (C=O) groups excluding carboxylic acids is 1. The van der Waals surface area contributed by atoms with Crippen molar-refractivity contribution in [2.24, 2.45) is 0 Å². The SMILES string of the molecule is Cc1cc(C(=O)NCC2CSCCS2)sc1/C=C/C(=O)O. The Labute approximate surface area is 136 Å². The molecule has 1 fully saturated rings. The molecule has 0 saturated carbocycles. The molecule has 4 nitrogen and oxygen atoms in total. The number of carbonyl (C=O) groups is 2. The second-order valence-corrected chi connectivity index (χ2v) is 8.25. The molecule has 1 saturated heterocycles. The Balaban J connectivity index is 1.93. The van der Waals surface area contributed by atoms with E-state index in [9.17, 15) is 9.59 Å². The van der Waals surface area contributed by atoms with Crippen LogP contribution in [0.2, 0.25) is 0 Å². The number of nitrogens with one attached hydrogen (secondary N) is 1. The lowest BCUT2D eigenvalue weighted by atomic mass is 10.2. The molecule has 0 radical (unpaired) electrons. The normalized spacial score (nSPS) is 18.8. The summed E-state index contributed by atoms with van der Waals surface area (Å²) >= 11 is 5.17. The van der Waals surface area contributed by atoms with Crippen LogP contribution in [-0.4, -0.2) is 46.0 Å². The molecule has 2 rings (SSSR count). The first-order valence-corrected chi connectivity index (χ1v) is 9.57. The Morgan fingerprint density at radius 3 is 2.95 bits per heavy atom. The van der Waals surface area contributed by atoms with Crippen LogP contribution in [0.25, 0.3) is 6.08 Å². The van der Waals surface area contributed by atoms with E-state index in [-0.39, 0.29) is 5.91 Å². The Morgan fingerprint density at radius 1 is 1.48 bits per heavy atom. The molecule has 2 heterocycles. The average molecular weight is 343 g/mol. The van der Waals surface area contributed by atoms with Gasteiger partial charge in [-0.05, 0) is 24.6 Å². The van der Waals surface area contributed by atoms with Crippen molar-refractivity contribution in [3.8, 4) is 0 Å². The van der Waals surface area contributed by atoms with Gasteiger partial charge in [-0.25, -0.2) is 4.79 Å². The monoisotopic (exact) mass is 343 g/mol. The summed E-state index contributed by atoms with van der Waals surface area (Å²) in [5.74, 6) is 2.36. The van der Waals surface area contributed by atoms with Crippen LogP contribution in [0.4, 0.5) is 0 Å². The number of amides is 1. The molecule has 2 N–H and O–H groups in total. The predicted molar refractivity (Wildman–Crippen MR) is 91.6 cm³/mol. The molecule has 1 aliphatic rings. The van der Waals surface area contributed by atoms with Gasteiger partial charge in [0.1, 0.15) is 0 Å². The number of aryl methyl sites for hydroxylation is 1.